The summed E-state index contributed by atoms with van der Waals surface area (Å²) in [6.07, 6.45) is 4.41. The fourth-order valence-electron chi connectivity index (χ4n) is 2.80. The van der Waals surface area contributed by atoms with Gasteiger partial charge in [0.15, 0.2) is 6.61 Å². The van der Waals surface area contributed by atoms with Crippen molar-refractivity contribution in [3.05, 3.63) is 29.3 Å². The lowest BCUT2D eigenvalue weighted by atomic mass is 9.86. The van der Waals surface area contributed by atoms with Crippen LogP contribution in [0.15, 0.2) is 18.2 Å². The van der Waals surface area contributed by atoms with Crippen LogP contribution in [0, 0.1) is 12.8 Å². The summed E-state index contributed by atoms with van der Waals surface area (Å²) in [7, 11) is 0. The maximum Gasteiger partial charge on any atom is 0.342 e. The molecule has 0 spiro atoms. The van der Waals surface area contributed by atoms with Gasteiger partial charge in [0.2, 0.25) is 0 Å². The molecule has 0 radical (unpaired) electrons. The van der Waals surface area contributed by atoms with E-state index in [1.165, 1.54) is 12.5 Å². The van der Waals surface area contributed by atoms with E-state index in [1.807, 2.05) is 6.92 Å². The highest BCUT2D eigenvalue weighted by Gasteiger charge is 2.23. The van der Waals surface area contributed by atoms with Crippen molar-refractivity contribution >= 4 is 11.9 Å². The third-order valence-electron chi connectivity index (χ3n) is 4.16. The van der Waals surface area contributed by atoms with Crippen LogP contribution in [-0.2, 0) is 9.53 Å². The van der Waals surface area contributed by atoms with E-state index in [2.05, 4.69) is 12.2 Å². The Morgan fingerprint density at radius 3 is 2.77 bits per heavy atom. The highest BCUT2D eigenvalue weighted by Crippen LogP contribution is 2.23. The van der Waals surface area contributed by atoms with E-state index in [9.17, 15) is 14.7 Å². The molecule has 0 saturated heterocycles. The first kappa shape index (κ1) is 16.3. The number of hydrogen-bond donors (Lipinski definition) is 2. The monoisotopic (exact) mass is 305 g/mol. The molecule has 2 atom stereocenters. The van der Waals surface area contributed by atoms with Crippen LogP contribution < -0.4 is 5.32 Å². The van der Waals surface area contributed by atoms with E-state index in [0.717, 1.165) is 24.8 Å². The van der Waals surface area contributed by atoms with Crippen LogP contribution in [0.1, 0.15) is 48.5 Å². The molecule has 0 aliphatic heterocycles. The Labute approximate surface area is 130 Å². The fourth-order valence-corrected chi connectivity index (χ4v) is 2.80. The molecular weight excluding hydrogens is 282 g/mol. The lowest BCUT2D eigenvalue weighted by Gasteiger charge is -2.29. The topological polar surface area (TPSA) is 75.6 Å². The number of hydrogen-bond acceptors (Lipinski definition) is 4. The van der Waals surface area contributed by atoms with Gasteiger partial charge in [-0.2, -0.15) is 0 Å². The van der Waals surface area contributed by atoms with Crippen molar-refractivity contribution < 1.29 is 19.4 Å². The Hall–Kier alpha value is -2.04. The van der Waals surface area contributed by atoms with Crippen molar-refractivity contribution in [2.75, 3.05) is 6.61 Å². The number of esters is 1. The number of carbonyl (C=O) groups excluding carboxylic acids is 2. The molecule has 1 fully saturated rings. The number of ether oxygens (including phenoxy) is 1. The van der Waals surface area contributed by atoms with E-state index >= 15 is 0 Å². The van der Waals surface area contributed by atoms with Gasteiger partial charge in [0.1, 0.15) is 11.3 Å². The standard InChI is InChI=1S/C17H23NO4/c1-11-7-8-15(19)13(9-11)17(21)22-10-16(20)18-14-6-4-3-5-12(14)2/h7-9,12,14,19H,3-6,10H2,1-2H3,(H,18,20)/t12-,14+/m0/s1. The zero-order valence-corrected chi connectivity index (χ0v) is 13.1. The van der Waals surface area contributed by atoms with Gasteiger partial charge in [-0.3, -0.25) is 4.79 Å². The molecule has 0 unspecified atom stereocenters. The number of rotatable bonds is 4. The van der Waals surface area contributed by atoms with Crippen LogP contribution in [0.3, 0.4) is 0 Å². The highest BCUT2D eigenvalue weighted by atomic mass is 16.5. The van der Waals surface area contributed by atoms with Crippen molar-refractivity contribution in [3.8, 4) is 5.75 Å². The SMILES string of the molecule is Cc1ccc(O)c(C(=O)OCC(=O)N[C@@H]2CCCC[C@@H]2C)c1. The number of phenolic OH excluding ortho intramolecular Hbond substituents is 1. The number of amides is 1. The number of aryl methyl sites for hydroxylation is 1. The smallest absolute Gasteiger partial charge is 0.342 e. The van der Waals surface area contributed by atoms with Gasteiger partial charge in [-0.05, 0) is 37.8 Å². The number of aromatic hydroxyl groups is 1. The van der Waals surface area contributed by atoms with Gasteiger partial charge in [-0.25, -0.2) is 4.79 Å². The summed E-state index contributed by atoms with van der Waals surface area (Å²) in [4.78, 5) is 23.8. The minimum Gasteiger partial charge on any atom is -0.507 e. The largest absolute Gasteiger partial charge is 0.507 e. The molecule has 1 amide bonds. The van der Waals surface area contributed by atoms with Crippen molar-refractivity contribution in [2.24, 2.45) is 5.92 Å². The first-order valence-corrected chi connectivity index (χ1v) is 7.73. The minimum atomic E-state index is -0.687. The molecule has 1 aliphatic rings. The molecule has 0 bridgehead atoms. The van der Waals surface area contributed by atoms with E-state index in [-0.39, 0.29) is 29.9 Å². The Morgan fingerprint density at radius 2 is 2.05 bits per heavy atom. The molecular formula is C17H23NO4. The summed E-state index contributed by atoms with van der Waals surface area (Å²) < 4.78 is 4.99. The summed E-state index contributed by atoms with van der Waals surface area (Å²) in [5.41, 5.74) is 0.920. The van der Waals surface area contributed by atoms with E-state index < -0.39 is 5.97 Å². The Balaban J connectivity index is 1.85. The van der Waals surface area contributed by atoms with E-state index in [1.54, 1.807) is 12.1 Å². The van der Waals surface area contributed by atoms with E-state index in [4.69, 9.17) is 4.74 Å². The molecule has 5 heteroatoms. The quantitative estimate of drug-likeness (QED) is 0.838. The first-order chi connectivity index (χ1) is 10.5. The molecule has 0 aromatic heterocycles. The predicted octanol–water partition coefficient (Wildman–Crippen LogP) is 2.55. The molecule has 5 nitrogen and oxygen atoms in total. The van der Waals surface area contributed by atoms with Gasteiger partial charge in [-0.1, -0.05) is 31.4 Å². The van der Waals surface area contributed by atoms with Gasteiger partial charge >= 0.3 is 5.97 Å². The Kier molecular flexibility index (Phi) is 5.41. The lowest BCUT2D eigenvalue weighted by molar-refractivity contribution is -0.125. The Bertz CT molecular complexity index is 556. The molecule has 1 aliphatic carbocycles. The van der Waals surface area contributed by atoms with Crippen molar-refractivity contribution in [1.82, 2.24) is 5.32 Å². The second-order valence-electron chi connectivity index (χ2n) is 6.03. The molecule has 2 N–H and O–H groups in total. The van der Waals surface area contributed by atoms with Gasteiger partial charge in [0.05, 0.1) is 0 Å². The summed E-state index contributed by atoms with van der Waals surface area (Å²) in [5, 5.41) is 12.6. The van der Waals surface area contributed by atoms with Crippen LogP contribution in [-0.4, -0.2) is 29.6 Å². The number of phenols is 1. The number of nitrogens with one attached hydrogen (secondary N) is 1. The molecule has 1 saturated carbocycles. The van der Waals surface area contributed by atoms with E-state index in [0.29, 0.717) is 5.92 Å². The van der Waals surface area contributed by atoms with Crippen LogP contribution in [0.2, 0.25) is 0 Å². The fraction of sp³-hybridized carbons (Fsp3) is 0.529. The first-order valence-electron chi connectivity index (χ1n) is 7.73. The van der Waals surface area contributed by atoms with Crippen molar-refractivity contribution in [3.63, 3.8) is 0 Å². The van der Waals surface area contributed by atoms with Gasteiger partial charge in [-0.15, -0.1) is 0 Å². The van der Waals surface area contributed by atoms with Crippen molar-refractivity contribution in [1.29, 1.82) is 0 Å². The number of benzene rings is 1. The Morgan fingerprint density at radius 1 is 1.32 bits per heavy atom. The lowest BCUT2D eigenvalue weighted by Crippen LogP contribution is -2.42. The molecule has 1 aromatic carbocycles. The zero-order valence-electron chi connectivity index (χ0n) is 13.1. The summed E-state index contributed by atoms with van der Waals surface area (Å²) in [6, 6.07) is 4.84. The van der Waals surface area contributed by atoms with Crippen LogP contribution in [0.25, 0.3) is 0 Å². The molecule has 2 rings (SSSR count). The summed E-state index contributed by atoms with van der Waals surface area (Å²) in [5.74, 6) is -0.668. The highest BCUT2D eigenvalue weighted by molar-refractivity contribution is 5.94. The molecule has 0 heterocycles. The van der Waals surface area contributed by atoms with Gasteiger partial charge in [0, 0.05) is 6.04 Å². The summed E-state index contributed by atoms with van der Waals surface area (Å²) in [6.45, 7) is 3.61. The van der Waals surface area contributed by atoms with Crippen molar-refractivity contribution in [2.45, 2.75) is 45.6 Å². The third-order valence-corrected chi connectivity index (χ3v) is 4.16. The van der Waals surface area contributed by atoms with Gasteiger partial charge in [0.25, 0.3) is 5.91 Å². The number of carbonyl (C=O) groups is 2. The maximum atomic E-state index is 11.9. The average molecular weight is 305 g/mol. The van der Waals surface area contributed by atoms with Crippen LogP contribution >= 0.6 is 0 Å². The second-order valence-corrected chi connectivity index (χ2v) is 6.03. The molecule has 22 heavy (non-hydrogen) atoms. The average Bonchev–Trinajstić information content (AvgIpc) is 2.49. The zero-order chi connectivity index (χ0) is 16.1. The predicted molar refractivity (Wildman–Crippen MR) is 82.7 cm³/mol. The molecule has 120 valence electrons. The summed E-state index contributed by atoms with van der Waals surface area (Å²) >= 11 is 0. The second kappa shape index (κ2) is 7.29. The minimum absolute atomic E-state index is 0.0823. The normalized spacial score (nSPS) is 21.2. The molecule has 1 aromatic rings. The van der Waals surface area contributed by atoms with Crippen LogP contribution in [0.5, 0.6) is 5.75 Å². The maximum absolute atomic E-state index is 11.9. The van der Waals surface area contributed by atoms with Crippen LogP contribution in [0.4, 0.5) is 0 Å². The third kappa shape index (κ3) is 4.23. The van der Waals surface area contributed by atoms with Gasteiger partial charge < -0.3 is 15.2 Å².